The highest BCUT2D eigenvalue weighted by Crippen LogP contribution is 2.40. The maximum atomic E-state index is 14.3. The minimum atomic E-state index is -1.83. The number of amides is 5. The van der Waals surface area contributed by atoms with Crippen molar-refractivity contribution in [1.82, 2.24) is 26.2 Å². The Balaban J connectivity index is 1.96. The highest BCUT2D eigenvalue weighted by Gasteiger charge is 2.50. The van der Waals surface area contributed by atoms with E-state index in [0.29, 0.717) is 30.7 Å². The first kappa shape index (κ1) is 44.3. The van der Waals surface area contributed by atoms with Gasteiger partial charge in [-0.15, -0.1) is 11.8 Å². The number of carbonyl (C=O) groups is 5. The summed E-state index contributed by atoms with van der Waals surface area (Å²) in [7, 11) is 0. The maximum Gasteiger partial charge on any atom is 0.254 e. The van der Waals surface area contributed by atoms with Crippen LogP contribution in [0.5, 0.6) is 0 Å². The van der Waals surface area contributed by atoms with Crippen LogP contribution in [0.2, 0.25) is 0 Å². The molecule has 0 aliphatic carbocycles. The molecule has 1 saturated heterocycles. The van der Waals surface area contributed by atoms with Crippen LogP contribution >= 0.6 is 11.8 Å². The number of benzene rings is 2. The van der Waals surface area contributed by atoms with Crippen LogP contribution in [0.1, 0.15) is 92.3 Å². The van der Waals surface area contributed by atoms with Gasteiger partial charge in [0, 0.05) is 17.7 Å². The van der Waals surface area contributed by atoms with Crippen LogP contribution in [0.15, 0.2) is 42.5 Å². The molecule has 5 amide bonds. The maximum absolute atomic E-state index is 14.3. The molecule has 5 N–H and O–H groups in total. The van der Waals surface area contributed by atoms with E-state index >= 15 is 0 Å². The van der Waals surface area contributed by atoms with E-state index in [9.17, 15) is 42.3 Å². The lowest BCUT2D eigenvalue weighted by Gasteiger charge is -2.36. The topological polar surface area (TPSA) is 157 Å². The highest BCUT2D eigenvalue weighted by molar-refractivity contribution is 8.00. The lowest BCUT2D eigenvalue weighted by Crippen LogP contribution is -2.62. The Labute approximate surface area is 320 Å². The fourth-order valence-corrected chi connectivity index (χ4v) is 7.12. The summed E-state index contributed by atoms with van der Waals surface area (Å²) in [6.45, 7) is 16.5. The van der Waals surface area contributed by atoms with Crippen molar-refractivity contribution in [3.8, 4) is 0 Å². The normalized spacial score (nSPS) is 17.9. The molecule has 2 aromatic carbocycles. The molecule has 2 aromatic rings. The first-order valence-electron chi connectivity index (χ1n) is 18.0. The smallest absolute Gasteiger partial charge is 0.254 e. The Morgan fingerprint density at radius 1 is 0.926 bits per heavy atom. The number of hydrogen-bond acceptors (Lipinski definition) is 7. The van der Waals surface area contributed by atoms with E-state index in [1.54, 1.807) is 58.0 Å². The molecule has 1 aliphatic heterocycles. The van der Waals surface area contributed by atoms with Crippen LogP contribution in [-0.2, 0) is 30.4 Å². The second-order valence-corrected chi connectivity index (χ2v) is 18.1. The molecule has 1 aliphatic rings. The fraction of sp³-hybridized carbons (Fsp3) is 0.564. The SMILES string of the molecule is CCCC(=O)NC(C(=O)N[C@H](C(=O)N[C@@H](Cc1ccccc1)[C@H](O)C(=O)N1CSC(C)(C)[C@H]1C(=O)NCC(C)(C)C)C(C)(C)C)c1cc(F)c(F)c(F)c1. The number of nitrogens with zero attached hydrogens (tertiary/aromatic N) is 1. The standard InChI is InChI=1S/C39H54F3N5O6S/c1-10-14-27(48)45-29(23-18-24(40)28(42)25(41)19-23)33(50)46-31(38(5,6)7)34(51)44-26(17-22-15-12-11-13-16-22)30(49)36(53)47-21-54-39(8,9)32(47)35(52)43-20-37(2,3)4/h11-13,15-16,18-19,26,29-32,49H,10,14,17,20-21H2,1-9H3,(H,43,52)(H,44,51)(H,45,48)(H,46,50)/t26-,29?,30-,31+,32+/m0/s1. The van der Waals surface area contributed by atoms with Crippen LogP contribution in [0, 0.1) is 28.3 Å². The molecule has 0 spiro atoms. The van der Waals surface area contributed by atoms with E-state index < -0.39 is 87.1 Å². The first-order chi connectivity index (χ1) is 25.0. The number of halogens is 3. The van der Waals surface area contributed by atoms with Gasteiger partial charge in [0.2, 0.25) is 23.6 Å². The van der Waals surface area contributed by atoms with Gasteiger partial charge in [0.25, 0.3) is 5.91 Å². The Morgan fingerprint density at radius 2 is 1.52 bits per heavy atom. The molecule has 1 unspecified atom stereocenters. The molecular weight excluding hydrogens is 724 g/mol. The predicted molar refractivity (Wildman–Crippen MR) is 201 cm³/mol. The summed E-state index contributed by atoms with van der Waals surface area (Å²) in [6.07, 6.45) is -1.49. The van der Waals surface area contributed by atoms with Crippen molar-refractivity contribution < 1.29 is 42.3 Å². The number of hydrogen-bond donors (Lipinski definition) is 5. The predicted octanol–water partition coefficient (Wildman–Crippen LogP) is 4.52. The highest BCUT2D eigenvalue weighted by atomic mass is 32.2. The second kappa shape index (κ2) is 18.0. The number of aliphatic hydroxyl groups is 1. The molecular formula is C39H54F3N5O6S. The Bertz CT molecular complexity index is 1660. The molecule has 0 radical (unpaired) electrons. The molecule has 3 rings (SSSR count). The van der Waals surface area contributed by atoms with Gasteiger partial charge in [-0.25, -0.2) is 13.2 Å². The van der Waals surface area contributed by atoms with Crippen LogP contribution in [-0.4, -0.2) is 80.9 Å². The van der Waals surface area contributed by atoms with Crippen molar-refractivity contribution in [2.24, 2.45) is 10.8 Å². The molecule has 1 heterocycles. The van der Waals surface area contributed by atoms with Crippen molar-refractivity contribution in [3.63, 3.8) is 0 Å². The van der Waals surface area contributed by atoms with Crippen LogP contribution in [0.4, 0.5) is 13.2 Å². The van der Waals surface area contributed by atoms with Gasteiger partial charge in [-0.2, -0.15) is 0 Å². The van der Waals surface area contributed by atoms with Gasteiger partial charge in [-0.05, 0) is 60.8 Å². The summed E-state index contributed by atoms with van der Waals surface area (Å²) < 4.78 is 41.7. The van der Waals surface area contributed by atoms with Gasteiger partial charge in [-0.1, -0.05) is 78.8 Å². The van der Waals surface area contributed by atoms with E-state index in [4.69, 9.17) is 0 Å². The quantitative estimate of drug-likeness (QED) is 0.177. The van der Waals surface area contributed by atoms with Gasteiger partial charge < -0.3 is 31.3 Å². The molecule has 298 valence electrons. The number of rotatable bonds is 14. The lowest BCUT2D eigenvalue weighted by molar-refractivity contribution is -0.148. The fourth-order valence-electron chi connectivity index (χ4n) is 5.98. The van der Waals surface area contributed by atoms with E-state index in [-0.39, 0.29) is 30.0 Å². The molecule has 0 saturated carbocycles. The zero-order valence-electron chi connectivity index (χ0n) is 32.4. The summed E-state index contributed by atoms with van der Waals surface area (Å²) in [6, 6.07) is 4.70. The van der Waals surface area contributed by atoms with E-state index in [2.05, 4.69) is 21.3 Å². The molecule has 11 nitrogen and oxygen atoms in total. The molecule has 0 aromatic heterocycles. The van der Waals surface area contributed by atoms with E-state index in [1.165, 1.54) is 16.7 Å². The molecule has 0 bridgehead atoms. The number of aliphatic hydroxyl groups excluding tert-OH is 1. The molecule has 1 fully saturated rings. The van der Waals surface area contributed by atoms with Gasteiger partial charge >= 0.3 is 0 Å². The average molecular weight is 778 g/mol. The zero-order chi connectivity index (χ0) is 40.8. The van der Waals surface area contributed by atoms with Crippen LogP contribution < -0.4 is 21.3 Å². The zero-order valence-corrected chi connectivity index (χ0v) is 33.3. The van der Waals surface area contributed by atoms with Crippen LogP contribution in [0.25, 0.3) is 0 Å². The number of thioether (sulfide) groups is 1. The summed E-state index contributed by atoms with van der Waals surface area (Å²) in [5.41, 5.74) is -0.983. The Hall–Kier alpha value is -4.11. The van der Waals surface area contributed by atoms with Crippen molar-refractivity contribution in [2.45, 2.75) is 117 Å². The van der Waals surface area contributed by atoms with Crippen molar-refractivity contribution in [2.75, 3.05) is 12.4 Å². The molecule has 15 heteroatoms. The van der Waals surface area contributed by atoms with Gasteiger partial charge in [0.1, 0.15) is 18.1 Å². The van der Waals surface area contributed by atoms with Crippen molar-refractivity contribution in [1.29, 1.82) is 0 Å². The number of carbonyl (C=O) groups excluding carboxylic acids is 5. The van der Waals surface area contributed by atoms with Crippen molar-refractivity contribution in [3.05, 3.63) is 71.0 Å². The minimum absolute atomic E-state index is 0.0145. The lowest BCUT2D eigenvalue weighted by atomic mass is 9.85. The van der Waals surface area contributed by atoms with Crippen LogP contribution in [0.3, 0.4) is 0 Å². The Morgan fingerprint density at radius 3 is 2.06 bits per heavy atom. The van der Waals surface area contributed by atoms with Crippen molar-refractivity contribution >= 4 is 41.3 Å². The summed E-state index contributed by atoms with van der Waals surface area (Å²) in [4.78, 5) is 69.6. The third-order valence-electron chi connectivity index (χ3n) is 8.93. The Kier molecular flexibility index (Phi) is 14.8. The first-order valence-corrected chi connectivity index (χ1v) is 18.9. The summed E-state index contributed by atoms with van der Waals surface area (Å²) in [5.74, 6) is -8.40. The summed E-state index contributed by atoms with van der Waals surface area (Å²) in [5, 5.41) is 22.4. The minimum Gasteiger partial charge on any atom is -0.381 e. The largest absolute Gasteiger partial charge is 0.381 e. The van der Waals surface area contributed by atoms with Gasteiger partial charge in [0.05, 0.1) is 11.9 Å². The summed E-state index contributed by atoms with van der Waals surface area (Å²) >= 11 is 1.38. The van der Waals surface area contributed by atoms with E-state index in [0.717, 1.165) is 0 Å². The molecule has 5 atom stereocenters. The number of nitrogens with one attached hydrogen (secondary N) is 4. The molecule has 54 heavy (non-hydrogen) atoms. The second-order valence-electron chi connectivity index (χ2n) is 16.5. The van der Waals surface area contributed by atoms with Gasteiger partial charge in [0.15, 0.2) is 23.6 Å². The third-order valence-corrected chi connectivity index (χ3v) is 10.3. The van der Waals surface area contributed by atoms with E-state index in [1.807, 2.05) is 34.6 Å². The average Bonchev–Trinajstić information content (AvgIpc) is 3.40. The third kappa shape index (κ3) is 11.7. The van der Waals surface area contributed by atoms with Gasteiger partial charge in [-0.3, -0.25) is 24.0 Å². The monoisotopic (exact) mass is 777 g/mol.